The topological polar surface area (TPSA) is 43.9 Å². The highest BCUT2D eigenvalue weighted by Gasteiger charge is 2.54. The molecular formula is C17H17Cl3F3N3O2. The number of anilines is 1. The van der Waals surface area contributed by atoms with Crippen molar-refractivity contribution in [2.75, 3.05) is 31.2 Å². The molecule has 0 radical (unpaired) electrons. The van der Waals surface area contributed by atoms with Gasteiger partial charge in [0.2, 0.25) is 5.91 Å². The smallest absolute Gasteiger partial charge is 0.342 e. The molecule has 3 rings (SSSR count). The van der Waals surface area contributed by atoms with Crippen LogP contribution in [0.4, 0.5) is 18.9 Å². The Balaban J connectivity index is 1.93. The van der Waals surface area contributed by atoms with E-state index in [0.29, 0.717) is 13.1 Å². The molecule has 1 aromatic carbocycles. The van der Waals surface area contributed by atoms with E-state index in [0.717, 1.165) is 29.3 Å². The van der Waals surface area contributed by atoms with Gasteiger partial charge in [-0.1, -0.05) is 34.8 Å². The Labute approximate surface area is 174 Å². The minimum Gasteiger partial charge on any atom is -0.342 e. The van der Waals surface area contributed by atoms with Crippen LogP contribution in [0.1, 0.15) is 19.3 Å². The summed E-state index contributed by atoms with van der Waals surface area (Å²) in [5.74, 6) is -3.85. The van der Waals surface area contributed by atoms with Crippen LogP contribution in [-0.2, 0) is 9.59 Å². The summed E-state index contributed by atoms with van der Waals surface area (Å²) >= 11 is 18.1. The van der Waals surface area contributed by atoms with E-state index in [1.807, 2.05) is 0 Å². The summed E-state index contributed by atoms with van der Waals surface area (Å²) in [6, 6.07) is 2.56. The standard InChI is InChI=1S/C17H17Cl3F3N3O2/c18-10-6-12(19)15(13(20)7-10)26-16(28)11(17(21,22)23)8-25(26)9-14(27)24-4-2-1-3-5-24/h6-7,11H,1-5,8-9H2. The molecule has 0 bridgehead atoms. The molecule has 2 aliphatic heterocycles. The average Bonchev–Trinajstić information content (AvgIpc) is 2.92. The molecule has 0 aromatic heterocycles. The van der Waals surface area contributed by atoms with Crippen molar-refractivity contribution in [3.63, 3.8) is 0 Å². The second-order valence-corrected chi connectivity index (χ2v) is 8.00. The molecule has 0 saturated carbocycles. The maximum Gasteiger partial charge on any atom is 0.401 e. The molecule has 11 heteroatoms. The Morgan fingerprint density at radius 3 is 2.18 bits per heavy atom. The van der Waals surface area contributed by atoms with Crippen molar-refractivity contribution < 1.29 is 22.8 Å². The first-order valence-corrected chi connectivity index (χ1v) is 9.81. The van der Waals surface area contributed by atoms with Crippen LogP contribution in [0.15, 0.2) is 12.1 Å². The number of piperidine rings is 1. The molecule has 2 amide bonds. The van der Waals surface area contributed by atoms with Crippen LogP contribution in [0.3, 0.4) is 0 Å². The Kier molecular flexibility index (Phi) is 6.34. The van der Waals surface area contributed by atoms with Gasteiger partial charge in [-0.15, -0.1) is 0 Å². The van der Waals surface area contributed by atoms with Gasteiger partial charge in [0.1, 0.15) is 5.92 Å². The average molecular weight is 459 g/mol. The number of benzene rings is 1. The van der Waals surface area contributed by atoms with Gasteiger partial charge in [-0.05, 0) is 31.4 Å². The lowest BCUT2D eigenvalue weighted by atomic mass is 10.1. The molecule has 0 aliphatic carbocycles. The van der Waals surface area contributed by atoms with Gasteiger partial charge >= 0.3 is 6.18 Å². The van der Waals surface area contributed by atoms with Gasteiger partial charge in [0.15, 0.2) is 0 Å². The van der Waals surface area contributed by atoms with E-state index in [-0.39, 0.29) is 33.2 Å². The Morgan fingerprint density at radius 1 is 1.07 bits per heavy atom. The van der Waals surface area contributed by atoms with Crippen LogP contribution >= 0.6 is 34.8 Å². The number of hydrogen-bond donors (Lipinski definition) is 0. The Hall–Kier alpha value is -1.22. The summed E-state index contributed by atoms with van der Waals surface area (Å²) in [7, 11) is 0. The van der Waals surface area contributed by atoms with Gasteiger partial charge < -0.3 is 4.90 Å². The zero-order valence-corrected chi connectivity index (χ0v) is 16.9. The van der Waals surface area contributed by atoms with Crippen LogP contribution in [0, 0.1) is 5.92 Å². The first-order chi connectivity index (χ1) is 13.1. The first-order valence-electron chi connectivity index (χ1n) is 8.67. The highest BCUT2D eigenvalue weighted by molar-refractivity contribution is 6.42. The maximum atomic E-state index is 13.4. The lowest BCUT2D eigenvalue weighted by molar-refractivity contribution is -0.176. The molecule has 1 unspecified atom stereocenters. The largest absolute Gasteiger partial charge is 0.401 e. The Bertz CT molecular complexity index is 762. The molecule has 2 aliphatic rings. The summed E-state index contributed by atoms with van der Waals surface area (Å²) < 4.78 is 40.1. The molecule has 1 atom stereocenters. The second-order valence-electron chi connectivity index (χ2n) is 6.75. The number of nitrogens with zero attached hydrogens (tertiary/aromatic N) is 3. The summed E-state index contributed by atoms with van der Waals surface area (Å²) in [5.41, 5.74) is -0.115. The fraction of sp³-hybridized carbons (Fsp3) is 0.529. The van der Waals surface area contributed by atoms with Crippen LogP contribution in [0.25, 0.3) is 0 Å². The van der Waals surface area contributed by atoms with Gasteiger partial charge in [-0.2, -0.15) is 13.2 Å². The highest BCUT2D eigenvalue weighted by atomic mass is 35.5. The third-order valence-electron chi connectivity index (χ3n) is 4.80. The van der Waals surface area contributed by atoms with E-state index >= 15 is 0 Å². The lowest BCUT2D eigenvalue weighted by Gasteiger charge is -2.32. The van der Waals surface area contributed by atoms with Crippen molar-refractivity contribution in [2.24, 2.45) is 5.92 Å². The normalized spacial score (nSPS) is 21.5. The molecule has 28 heavy (non-hydrogen) atoms. The molecule has 0 N–H and O–H groups in total. The van der Waals surface area contributed by atoms with Gasteiger partial charge in [0.05, 0.1) is 22.3 Å². The van der Waals surface area contributed by atoms with Gasteiger partial charge in [0.25, 0.3) is 5.91 Å². The lowest BCUT2D eigenvalue weighted by Crippen LogP contribution is -2.47. The van der Waals surface area contributed by atoms with Crippen LogP contribution in [0.5, 0.6) is 0 Å². The maximum absolute atomic E-state index is 13.4. The number of alkyl halides is 3. The molecule has 154 valence electrons. The van der Waals surface area contributed by atoms with E-state index < -0.39 is 24.5 Å². The monoisotopic (exact) mass is 457 g/mol. The SMILES string of the molecule is O=C(CN1CC(C(F)(F)F)C(=O)N1c1c(Cl)cc(Cl)cc1Cl)N1CCCCC1. The number of amides is 2. The summed E-state index contributed by atoms with van der Waals surface area (Å²) in [5, 5.41) is 1.83. The van der Waals surface area contributed by atoms with Crippen molar-refractivity contribution >= 4 is 52.3 Å². The molecule has 2 saturated heterocycles. The van der Waals surface area contributed by atoms with Gasteiger partial charge in [-0.3, -0.25) is 9.59 Å². The zero-order valence-electron chi connectivity index (χ0n) is 14.6. The van der Waals surface area contributed by atoms with E-state index in [1.165, 1.54) is 12.1 Å². The van der Waals surface area contributed by atoms with Crippen molar-refractivity contribution in [1.29, 1.82) is 0 Å². The molecule has 1 aromatic rings. The number of carbonyl (C=O) groups excluding carboxylic acids is 2. The fourth-order valence-corrected chi connectivity index (χ4v) is 4.40. The quantitative estimate of drug-likeness (QED) is 0.674. The molecular weight excluding hydrogens is 442 g/mol. The minimum absolute atomic E-state index is 0.0795. The summed E-state index contributed by atoms with van der Waals surface area (Å²) in [6.07, 6.45) is -2.07. The number of likely N-dealkylation sites (tertiary alicyclic amines) is 1. The molecule has 0 spiro atoms. The number of hydrogen-bond acceptors (Lipinski definition) is 3. The predicted molar refractivity (Wildman–Crippen MR) is 101 cm³/mol. The van der Waals surface area contributed by atoms with Crippen LogP contribution < -0.4 is 5.01 Å². The third-order valence-corrected chi connectivity index (χ3v) is 5.59. The van der Waals surface area contributed by atoms with Gasteiger partial charge in [0, 0.05) is 24.7 Å². The number of halogens is 6. The summed E-state index contributed by atoms with van der Waals surface area (Å²) in [4.78, 5) is 26.8. The fourth-order valence-electron chi connectivity index (χ4n) is 3.42. The van der Waals surface area contributed by atoms with E-state index in [4.69, 9.17) is 34.8 Å². The highest BCUT2D eigenvalue weighted by Crippen LogP contribution is 2.42. The second kappa shape index (κ2) is 8.26. The number of carbonyl (C=O) groups is 2. The van der Waals surface area contributed by atoms with Crippen molar-refractivity contribution in [3.8, 4) is 0 Å². The summed E-state index contributed by atoms with van der Waals surface area (Å²) in [6.45, 7) is 0.0301. The van der Waals surface area contributed by atoms with Crippen LogP contribution in [0.2, 0.25) is 15.1 Å². The molecule has 2 heterocycles. The number of hydrazine groups is 1. The van der Waals surface area contributed by atoms with E-state index in [2.05, 4.69) is 0 Å². The Morgan fingerprint density at radius 2 is 1.64 bits per heavy atom. The molecule has 2 fully saturated rings. The van der Waals surface area contributed by atoms with Crippen molar-refractivity contribution in [1.82, 2.24) is 9.91 Å². The number of rotatable bonds is 3. The van der Waals surface area contributed by atoms with Crippen molar-refractivity contribution in [2.45, 2.75) is 25.4 Å². The van der Waals surface area contributed by atoms with Crippen molar-refractivity contribution in [3.05, 3.63) is 27.2 Å². The third kappa shape index (κ3) is 4.35. The first kappa shape index (κ1) is 21.5. The minimum atomic E-state index is -4.76. The molecule has 5 nitrogen and oxygen atoms in total. The van der Waals surface area contributed by atoms with E-state index in [1.54, 1.807) is 4.90 Å². The van der Waals surface area contributed by atoms with E-state index in [9.17, 15) is 22.8 Å². The van der Waals surface area contributed by atoms with Gasteiger partial charge in [-0.25, -0.2) is 10.0 Å². The zero-order chi connectivity index (χ0) is 20.6. The van der Waals surface area contributed by atoms with Crippen LogP contribution in [-0.4, -0.2) is 54.1 Å². The predicted octanol–water partition coefficient (Wildman–Crippen LogP) is 4.40.